The first-order chi connectivity index (χ1) is 6.33. The van der Waals surface area contributed by atoms with Gasteiger partial charge in [0.05, 0.1) is 17.4 Å². The first-order valence-electron chi connectivity index (χ1n) is 3.94. The minimum absolute atomic E-state index is 0.0769. The maximum Gasteiger partial charge on any atom is 0.274 e. The molecule has 0 aliphatic rings. The van der Waals surface area contributed by atoms with Gasteiger partial charge in [-0.3, -0.25) is 9.89 Å². The maximum absolute atomic E-state index is 11.5. The summed E-state index contributed by atoms with van der Waals surface area (Å²) >= 11 is 0. The van der Waals surface area contributed by atoms with Crippen molar-refractivity contribution in [3.8, 4) is 0 Å². The Labute approximate surface area is 73.8 Å². The van der Waals surface area contributed by atoms with Crippen molar-refractivity contribution >= 4 is 17.2 Å². The van der Waals surface area contributed by atoms with Crippen LogP contribution in [0.25, 0.3) is 10.9 Å². The minimum Gasteiger partial charge on any atom is -0.301 e. The number of nitrogens with zero attached hydrogens (tertiary/aromatic N) is 1. The van der Waals surface area contributed by atoms with Gasteiger partial charge in [-0.1, -0.05) is 12.1 Å². The first-order valence-corrected chi connectivity index (χ1v) is 3.94. The van der Waals surface area contributed by atoms with E-state index >= 15 is 0 Å². The summed E-state index contributed by atoms with van der Waals surface area (Å²) in [5.74, 6) is 0. The highest BCUT2D eigenvalue weighted by Crippen LogP contribution is 2.04. The molecule has 0 saturated heterocycles. The van der Waals surface area contributed by atoms with Gasteiger partial charge in [0.15, 0.2) is 0 Å². The van der Waals surface area contributed by atoms with Crippen molar-refractivity contribution in [3.05, 3.63) is 34.6 Å². The van der Waals surface area contributed by atoms with Crippen molar-refractivity contribution in [1.82, 2.24) is 9.78 Å². The third kappa shape index (κ3) is 1.16. The molecule has 0 aliphatic heterocycles. The van der Waals surface area contributed by atoms with Gasteiger partial charge in [0.1, 0.15) is 6.29 Å². The van der Waals surface area contributed by atoms with Crippen LogP contribution in [0.5, 0.6) is 0 Å². The molecule has 66 valence electrons. The number of fused-ring (bicyclic) bond motifs is 1. The summed E-state index contributed by atoms with van der Waals surface area (Å²) in [6.45, 7) is 0.0769. The Bertz CT molecular complexity index is 496. The van der Waals surface area contributed by atoms with Crippen LogP contribution in [0, 0.1) is 0 Å². The van der Waals surface area contributed by atoms with E-state index < -0.39 is 0 Å². The lowest BCUT2D eigenvalue weighted by molar-refractivity contribution is -0.108. The number of para-hydroxylation sites is 1. The van der Waals surface area contributed by atoms with E-state index in [1.807, 2.05) is 6.07 Å². The molecule has 4 heteroatoms. The maximum atomic E-state index is 11.5. The Balaban J connectivity index is 2.74. The van der Waals surface area contributed by atoms with Crippen LogP contribution in [0.3, 0.4) is 0 Å². The molecule has 4 nitrogen and oxygen atoms in total. The Hall–Kier alpha value is -1.84. The van der Waals surface area contributed by atoms with E-state index in [0.29, 0.717) is 11.7 Å². The zero-order valence-electron chi connectivity index (χ0n) is 6.86. The van der Waals surface area contributed by atoms with Gasteiger partial charge in [0.2, 0.25) is 0 Å². The highest BCUT2D eigenvalue weighted by molar-refractivity contribution is 5.77. The molecule has 1 heterocycles. The van der Waals surface area contributed by atoms with Crippen molar-refractivity contribution in [2.45, 2.75) is 6.54 Å². The van der Waals surface area contributed by atoms with Gasteiger partial charge in [-0.05, 0) is 12.1 Å². The highest BCUT2D eigenvalue weighted by atomic mass is 16.1. The molecule has 0 atom stereocenters. The number of hydrogen-bond donors (Lipinski definition) is 1. The summed E-state index contributed by atoms with van der Waals surface area (Å²) in [7, 11) is 0. The smallest absolute Gasteiger partial charge is 0.274 e. The highest BCUT2D eigenvalue weighted by Gasteiger charge is 2.03. The van der Waals surface area contributed by atoms with Gasteiger partial charge in [-0.2, -0.15) is 0 Å². The number of benzene rings is 1. The molecule has 1 aromatic heterocycles. The fraction of sp³-hybridized carbons (Fsp3) is 0.111. The fourth-order valence-corrected chi connectivity index (χ4v) is 1.31. The molecule has 1 N–H and O–H groups in total. The number of rotatable bonds is 2. The van der Waals surface area contributed by atoms with Crippen molar-refractivity contribution < 1.29 is 4.79 Å². The number of carbonyl (C=O) groups excluding carboxylic acids is 1. The number of nitrogens with one attached hydrogen (secondary N) is 1. The number of aromatic nitrogens is 2. The van der Waals surface area contributed by atoms with Crippen LogP contribution >= 0.6 is 0 Å². The van der Waals surface area contributed by atoms with Crippen LogP contribution in [-0.4, -0.2) is 16.1 Å². The Morgan fingerprint density at radius 2 is 2.15 bits per heavy atom. The molecule has 2 rings (SSSR count). The minimum atomic E-state index is -0.150. The predicted molar refractivity (Wildman–Crippen MR) is 48.6 cm³/mol. The number of aromatic amines is 1. The largest absolute Gasteiger partial charge is 0.301 e. The summed E-state index contributed by atoms with van der Waals surface area (Å²) in [6, 6.07) is 7.17. The molecule has 0 radical (unpaired) electrons. The molecule has 2 aromatic rings. The third-order valence-electron chi connectivity index (χ3n) is 1.92. The number of hydrogen-bond acceptors (Lipinski definition) is 2. The van der Waals surface area contributed by atoms with Crippen molar-refractivity contribution in [3.63, 3.8) is 0 Å². The van der Waals surface area contributed by atoms with Crippen LogP contribution in [0.15, 0.2) is 29.1 Å². The summed E-state index contributed by atoms with van der Waals surface area (Å²) in [4.78, 5) is 21.7. The fourth-order valence-electron chi connectivity index (χ4n) is 1.31. The zero-order chi connectivity index (χ0) is 9.26. The lowest BCUT2D eigenvalue weighted by Crippen LogP contribution is -2.16. The number of H-pyrrole nitrogens is 1. The second kappa shape index (κ2) is 2.90. The van der Waals surface area contributed by atoms with Gasteiger partial charge in [0, 0.05) is 0 Å². The van der Waals surface area contributed by atoms with Crippen LogP contribution in [0.4, 0.5) is 0 Å². The van der Waals surface area contributed by atoms with Crippen LogP contribution < -0.4 is 5.56 Å². The monoisotopic (exact) mass is 176 g/mol. The molecule has 0 aliphatic carbocycles. The van der Waals surface area contributed by atoms with Gasteiger partial charge >= 0.3 is 0 Å². The van der Waals surface area contributed by atoms with E-state index in [1.165, 1.54) is 4.68 Å². The molecule has 0 fully saturated rings. The van der Waals surface area contributed by atoms with Crippen LogP contribution in [0.2, 0.25) is 0 Å². The lowest BCUT2D eigenvalue weighted by Gasteiger charge is -1.89. The first kappa shape index (κ1) is 7.79. The Morgan fingerprint density at radius 3 is 2.85 bits per heavy atom. The Kier molecular flexibility index (Phi) is 1.73. The predicted octanol–water partition coefficient (Wildman–Crippen LogP) is 0.528. The summed E-state index contributed by atoms with van der Waals surface area (Å²) in [5.41, 5.74) is 0.608. The topological polar surface area (TPSA) is 54.9 Å². The van der Waals surface area contributed by atoms with E-state index in [1.54, 1.807) is 18.2 Å². The molecular formula is C9H8N2O2. The van der Waals surface area contributed by atoms with E-state index in [2.05, 4.69) is 5.10 Å². The SMILES string of the molecule is O=CCn1[nH]c2ccccc2c1=O. The molecule has 0 spiro atoms. The van der Waals surface area contributed by atoms with Gasteiger partial charge in [-0.15, -0.1) is 0 Å². The Morgan fingerprint density at radius 1 is 1.38 bits per heavy atom. The lowest BCUT2D eigenvalue weighted by atomic mass is 10.3. The van der Waals surface area contributed by atoms with E-state index in [-0.39, 0.29) is 12.1 Å². The summed E-state index contributed by atoms with van der Waals surface area (Å²) < 4.78 is 1.29. The van der Waals surface area contributed by atoms with Gasteiger partial charge in [-0.25, -0.2) is 4.68 Å². The van der Waals surface area contributed by atoms with E-state index in [0.717, 1.165) is 5.52 Å². The molecule has 0 unspecified atom stereocenters. The summed E-state index contributed by atoms with van der Waals surface area (Å²) in [6.07, 6.45) is 0.691. The molecular weight excluding hydrogens is 168 g/mol. The standard InChI is InChI=1S/C9H8N2O2/c12-6-5-11-9(13)7-3-1-2-4-8(7)10-11/h1-4,6,10H,5H2. The average Bonchev–Trinajstić information content (AvgIpc) is 2.46. The third-order valence-corrected chi connectivity index (χ3v) is 1.92. The molecule has 0 amide bonds. The average molecular weight is 176 g/mol. The summed E-state index contributed by atoms with van der Waals surface area (Å²) in [5, 5.41) is 3.45. The molecule has 13 heavy (non-hydrogen) atoms. The van der Waals surface area contributed by atoms with E-state index in [9.17, 15) is 9.59 Å². The molecule has 1 aromatic carbocycles. The van der Waals surface area contributed by atoms with Gasteiger partial charge < -0.3 is 4.79 Å². The normalized spacial score (nSPS) is 10.5. The number of carbonyl (C=O) groups is 1. The second-order valence-corrected chi connectivity index (χ2v) is 2.74. The van der Waals surface area contributed by atoms with Gasteiger partial charge in [0.25, 0.3) is 5.56 Å². The zero-order valence-corrected chi connectivity index (χ0v) is 6.86. The quantitative estimate of drug-likeness (QED) is 0.678. The van der Waals surface area contributed by atoms with Crippen LogP contribution in [0.1, 0.15) is 0 Å². The van der Waals surface area contributed by atoms with Crippen molar-refractivity contribution in [1.29, 1.82) is 0 Å². The van der Waals surface area contributed by atoms with E-state index in [4.69, 9.17) is 0 Å². The second-order valence-electron chi connectivity index (χ2n) is 2.74. The molecule has 0 saturated carbocycles. The number of aldehydes is 1. The van der Waals surface area contributed by atoms with Crippen LogP contribution in [-0.2, 0) is 11.3 Å². The molecule has 0 bridgehead atoms. The van der Waals surface area contributed by atoms with Crippen molar-refractivity contribution in [2.24, 2.45) is 0 Å². The van der Waals surface area contributed by atoms with Crippen molar-refractivity contribution in [2.75, 3.05) is 0 Å².